The number of ether oxygens (including phenoxy) is 1. The molecule has 25 heavy (non-hydrogen) atoms. The zero-order valence-corrected chi connectivity index (χ0v) is 15.3. The minimum absolute atomic E-state index is 0.00900. The average molecular weight is 346 g/mol. The number of benzene rings is 1. The smallest absolute Gasteiger partial charge is 0.243 e. The number of guanidine groups is 1. The summed E-state index contributed by atoms with van der Waals surface area (Å²) >= 11 is 0. The molecular formula is C19H30N4O2. The number of likely N-dealkylation sites (N-methyl/N-ethyl adjacent to an activating group) is 1. The molecule has 2 N–H and O–H groups in total. The van der Waals surface area contributed by atoms with Crippen molar-refractivity contribution in [1.29, 1.82) is 0 Å². The summed E-state index contributed by atoms with van der Waals surface area (Å²) in [7, 11) is 3.49. The van der Waals surface area contributed by atoms with Gasteiger partial charge in [0.1, 0.15) is 18.9 Å². The molecule has 6 heteroatoms. The molecule has 0 bridgehead atoms. The van der Waals surface area contributed by atoms with E-state index in [9.17, 15) is 4.79 Å². The Labute approximate surface area is 150 Å². The van der Waals surface area contributed by atoms with E-state index in [1.807, 2.05) is 30.3 Å². The number of aliphatic imine (C=N–C) groups is 1. The van der Waals surface area contributed by atoms with Gasteiger partial charge in [-0.3, -0.25) is 4.79 Å². The van der Waals surface area contributed by atoms with Gasteiger partial charge >= 0.3 is 0 Å². The quantitative estimate of drug-likeness (QED) is 0.450. The van der Waals surface area contributed by atoms with Crippen molar-refractivity contribution >= 4 is 11.9 Å². The molecule has 1 aliphatic carbocycles. The molecule has 1 saturated carbocycles. The van der Waals surface area contributed by atoms with E-state index in [4.69, 9.17) is 4.74 Å². The second-order valence-electron chi connectivity index (χ2n) is 6.52. The molecule has 1 aromatic carbocycles. The first-order valence-corrected chi connectivity index (χ1v) is 9.08. The standard InChI is InChI=1S/C19H30N4O2/c1-23(2)18(24)15-21-19(22-16-9-5-3-6-10-16)20-13-14-25-17-11-7-4-8-12-17/h4,7-8,11-12,16H,3,5-6,9-10,13-15H2,1-2H3,(H2,20,21,22). The van der Waals surface area contributed by atoms with Crippen LogP contribution in [0.5, 0.6) is 5.75 Å². The number of nitrogens with zero attached hydrogens (tertiary/aromatic N) is 2. The van der Waals surface area contributed by atoms with Crippen LogP contribution < -0.4 is 15.4 Å². The summed E-state index contributed by atoms with van der Waals surface area (Å²) in [5.41, 5.74) is 0. The Hall–Kier alpha value is -2.24. The van der Waals surface area contributed by atoms with Crippen LogP contribution >= 0.6 is 0 Å². The van der Waals surface area contributed by atoms with Crippen molar-refractivity contribution in [2.24, 2.45) is 4.99 Å². The third kappa shape index (κ3) is 7.45. The maximum atomic E-state index is 11.8. The van der Waals surface area contributed by atoms with Gasteiger partial charge in [-0.05, 0) is 25.0 Å². The molecule has 138 valence electrons. The van der Waals surface area contributed by atoms with Crippen LogP contribution in [0.15, 0.2) is 35.3 Å². The first kappa shape index (κ1) is 19.1. The summed E-state index contributed by atoms with van der Waals surface area (Å²) < 4.78 is 5.69. The first-order chi connectivity index (χ1) is 12.1. The van der Waals surface area contributed by atoms with Crippen LogP contribution in [-0.2, 0) is 4.79 Å². The summed E-state index contributed by atoms with van der Waals surface area (Å²) in [6.07, 6.45) is 6.12. The van der Waals surface area contributed by atoms with Crippen LogP contribution in [0, 0.1) is 0 Å². The maximum absolute atomic E-state index is 11.8. The molecule has 0 spiro atoms. The predicted octanol–water partition coefficient (Wildman–Crippen LogP) is 2.02. The Morgan fingerprint density at radius 3 is 2.60 bits per heavy atom. The van der Waals surface area contributed by atoms with Gasteiger partial charge in [0.2, 0.25) is 5.91 Å². The van der Waals surface area contributed by atoms with Gasteiger partial charge in [-0.25, -0.2) is 4.99 Å². The minimum atomic E-state index is -0.00900. The third-order valence-electron chi connectivity index (χ3n) is 4.22. The Morgan fingerprint density at radius 1 is 1.20 bits per heavy atom. The Bertz CT molecular complexity index is 540. The van der Waals surface area contributed by atoms with Gasteiger partial charge in [0, 0.05) is 20.1 Å². The van der Waals surface area contributed by atoms with Crippen LogP contribution in [0.4, 0.5) is 0 Å². The number of hydrogen-bond acceptors (Lipinski definition) is 3. The summed E-state index contributed by atoms with van der Waals surface area (Å²) in [4.78, 5) is 17.8. The molecule has 0 saturated heterocycles. The van der Waals surface area contributed by atoms with E-state index in [0.717, 1.165) is 18.6 Å². The molecular weight excluding hydrogens is 316 g/mol. The fraction of sp³-hybridized carbons (Fsp3) is 0.579. The maximum Gasteiger partial charge on any atom is 0.243 e. The summed E-state index contributed by atoms with van der Waals surface area (Å²) in [6.45, 7) is 1.31. The van der Waals surface area contributed by atoms with Crippen LogP contribution in [0.2, 0.25) is 0 Å². The van der Waals surface area contributed by atoms with Crippen molar-refractivity contribution in [3.05, 3.63) is 30.3 Å². The highest BCUT2D eigenvalue weighted by atomic mass is 16.5. The summed E-state index contributed by atoms with van der Waals surface area (Å²) in [6, 6.07) is 10.2. The van der Waals surface area contributed by atoms with E-state index in [1.165, 1.54) is 19.3 Å². The minimum Gasteiger partial charge on any atom is -0.492 e. The molecule has 1 aromatic rings. The molecule has 0 unspecified atom stereocenters. The Balaban J connectivity index is 1.82. The molecule has 0 heterocycles. The predicted molar refractivity (Wildman–Crippen MR) is 101 cm³/mol. The van der Waals surface area contributed by atoms with E-state index >= 15 is 0 Å². The SMILES string of the molecule is CN(C)C(=O)CN=C(NCCOc1ccccc1)NC1CCCCC1. The monoisotopic (exact) mass is 346 g/mol. The van der Waals surface area contributed by atoms with Crippen molar-refractivity contribution in [1.82, 2.24) is 15.5 Å². The number of nitrogens with one attached hydrogen (secondary N) is 2. The lowest BCUT2D eigenvalue weighted by Crippen LogP contribution is -2.45. The Morgan fingerprint density at radius 2 is 1.92 bits per heavy atom. The highest BCUT2D eigenvalue weighted by Gasteiger charge is 2.15. The first-order valence-electron chi connectivity index (χ1n) is 9.08. The highest BCUT2D eigenvalue weighted by molar-refractivity contribution is 5.84. The second kappa shape index (κ2) is 10.6. The summed E-state index contributed by atoms with van der Waals surface area (Å²) in [5.74, 6) is 1.54. The second-order valence-corrected chi connectivity index (χ2v) is 6.52. The van der Waals surface area contributed by atoms with Crippen LogP contribution in [0.25, 0.3) is 0 Å². The molecule has 1 amide bonds. The van der Waals surface area contributed by atoms with Gasteiger partial charge in [0.05, 0.1) is 6.54 Å². The van der Waals surface area contributed by atoms with Gasteiger partial charge in [0.25, 0.3) is 0 Å². The van der Waals surface area contributed by atoms with E-state index in [-0.39, 0.29) is 12.5 Å². The lowest BCUT2D eigenvalue weighted by atomic mass is 9.96. The number of hydrogen-bond donors (Lipinski definition) is 2. The fourth-order valence-corrected chi connectivity index (χ4v) is 2.74. The zero-order valence-electron chi connectivity index (χ0n) is 15.3. The van der Waals surface area contributed by atoms with Crippen molar-refractivity contribution < 1.29 is 9.53 Å². The van der Waals surface area contributed by atoms with E-state index in [1.54, 1.807) is 19.0 Å². The number of rotatable bonds is 7. The van der Waals surface area contributed by atoms with Gasteiger partial charge in [-0.1, -0.05) is 37.5 Å². The van der Waals surface area contributed by atoms with Gasteiger partial charge in [0.15, 0.2) is 5.96 Å². The van der Waals surface area contributed by atoms with Crippen molar-refractivity contribution in [2.45, 2.75) is 38.1 Å². The van der Waals surface area contributed by atoms with Crippen molar-refractivity contribution in [3.8, 4) is 5.75 Å². The van der Waals surface area contributed by atoms with Gasteiger partial charge in [-0.15, -0.1) is 0 Å². The molecule has 0 aromatic heterocycles. The van der Waals surface area contributed by atoms with E-state index < -0.39 is 0 Å². The van der Waals surface area contributed by atoms with Gasteiger partial charge in [-0.2, -0.15) is 0 Å². The van der Waals surface area contributed by atoms with Crippen molar-refractivity contribution in [2.75, 3.05) is 33.8 Å². The number of amides is 1. The lowest BCUT2D eigenvalue weighted by molar-refractivity contribution is -0.127. The highest BCUT2D eigenvalue weighted by Crippen LogP contribution is 2.17. The van der Waals surface area contributed by atoms with Crippen molar-refractivity contribution in [3.63, 3.8) is 0 Å². The fourth-order valence-electron chi connectivity index (χ4n) is 2.74. The van der Waals surface area contributed by atoms with Crippen LogP contribution in [0.1, 0.15) is 32.1 Å². The molecule has 2 rings (SSSR count). The van der Waals surface area contributed by atoms with Crippen LogP contribution in [0.3, 0.4) is 0 Å². The molecule has 1 fully saturated rings. The lowest BCUT2D eigenvalue weighted by Gasteiger charge is -2.25. The molecule has 1 aliphatic rings. The Kier molecular flexibility index (Phi) is 8.09. The van der Waals surface area contributed by atoms with Gasteiger partial charge < -0.3 is 20.3 Å². The number of carbonyl (C=O) groups excluding carboxylic acids is 1. The normalized spacial score (nSPS) is 15.5. The third-order valence-corrected chi connectivity index (χ3v) is 4.22. The molecule has 0 aliphatic heterocycles. The molecule has 6 nitrogen and oxygen atoms in total. The number of carbonyl (C=O) groups is 1. The molecule has 0 atom stereocenters. The number of para-hydroxylation sites is 1. The largest absolute Gasteiger partial charge is 0.492 e. The average Bonchev–Trinajstić information content (AvgIpc) is 2.64. The topological polar surface area (TPSA) is 66.0 Å². The molecule has 0 radical (unpaired) electrons. The van der Waals surface area contributed by atoms with E-state index in [0.29, 0.717) is 25.2 Å². The summed E-state index contributed by atoms with van der Waals surface area (Å²) in [5, 5.41) is 6.74. The zero-order chi connectivity index (χ0) is 17.9. The van der Waals surface area contributed by atoms with E-state index in [2.05, 4.69) is 15.6 Å². The van der Waals surface area contributed by atoms with Crippen LogP contribution in [-0.4, -0.2) is 56.6 Å².